The van der Waals surface area contributed by atoms with Gasteiger partial charge in [-0.05, 0) is 40.8 Å². The van der Waals surface area contributed by atoms with Crippen molar-refractivity contribution in [1.82, 2.24) is 20.2 Å². The number of halogens is 1. The lowest BCUT2D eigenvalue weighted by Crippen LogP contribution is -1.99. The fourth-order valence-electron chi connectivity index (χ4n) is 1.79. The highest BCUT2D eigenvalue weighted by Crippen LogP contribution is 2.26. The quantitative estimate of drug-likeness (QED) is 0.727. The maximum Gasteiger partial charge on any atom is 0.187 e. The van der Waals surface area contributed by atoms with Gasteiger partial charge in [0.05, 0.1) is 16.4 Å². The molecule has 0 fully saturated rings. The number of hydrogen-bond donors (Lipinski definition) is 1. The molecule has 0 aliphatic carbocycles. The van der Waals surface area contributed by atoms with Crippen molar-refractivity contribution < 1.29 is 0 Å². The summed E-state index contributed by atoms with van der Waals surface area (Å²) in [5.41, 5.74) is 8.01. The highest BCUT2D eigenvalue weighted by Gasteiger charge is 2.11. The van der Waals surface area contributed by atoms with Gasteiger partial charge in [-0.1, -0.05) is 29.8 Å². The van der Waals surface area contributed by atoms with Crippen molar-refractivity contribution in [3.05, 3.63) is 53.6 Å². The fraction of sp³-hybridized carbons (Fsp3) is 0. The summed E-state index contributed by atoms with van der Waals surface area (Å²) in [7, 11) is 0. The molecule has 0 aliphatic rings. The van der Waals surface area contributed by atoms with E-state index in [2.05, 4.69) is 15.5 Å². The number of nitrogens with two attached hydrogens (primary N) is 1. The Kier molecular flexibility index (Phi) is 2.89. The minimum absolute atomic E-state index is 0.502. The van der Waals surface area contributed by atoms with E-state index in [1.165, 1.54) is 0 Å². The first kappa shape index (κ1) is 11.7. The van der Waals surface area contributed by atoms with Crippen LogP contribution in [0.3, 0.4) is 0 Å². The number of anilines is 1. The molecule has 94 valence electrons. The topological polar surface area (TPSA) is 69.6 Å². The molecule has 3 rings (SSSR count). The Morgan fingerprint density at radius 3 is 2.58 bits per heavy atom. The van der Waals surface area contributed by atoms with Gasteiger partial charge in [0.2, 0.25) is 0 Å². The lowest BCUT2D eigenvalue weighted by atomic mass is 10.2. The summed E-state index contributed by atoms with van der Waals surface area (Å²) in [5, 5.41) is 12.3. The van der Waals surface area contributed by atoms with Crippen LogP contribution in [0.4, 0.5) is 5.69 Å². The van der Waals surface area contributed by atoms with E-state index >= 15 is 0 Å². The molecule has 19 heavy (non-hydrogen) atoms. The van der Waals surface area contributed by atoms with Crippen molar-refractivity contribution in [3.8, 4) is 17.1 Å². The zero-order chi connectivity index (χ0) is 13.2. The number of aromatic nitrogens is 4. The number of nitrogens with zero attached hydrogens (tertiary/aromatic N) is 4. The highest BCUT2D eigenvalue weighted by molar-refractivity contribution is 6.33. The Hall–Kier alpha value is -2.40. The summed E-state index contributed by atoms with van der Waals surface area (Å²) < 4.78 is 1.66. The Morgan fingerprint density at radius 1 is 1.05 bits per heavy atom. The molecule has 0 amide bonds. The summed E-state index contributed by atoms with van der Waals surface area (Å²) in [6.45, 7) is 0. The molecule has 2 N–H and O–H groups in total. The number of nitrogen functional groups attached to an aromatic ring is 1. The summed E-state index contributed by atoms with van der Waals surface area (Å²) >= 11 is 5.92. The van der Waals surface area contributed by atoms with Crippen LogP contribution in [0.1, 0.15) is 0 Å². The molecule has 2 aromatic carbocycles. The molecule has 0 saturated carbocycles. The molecular formula is C13H10ClN5. The first-order valence-electron chi connectivity index (χ1n) is 5.65. The van der Waals surface area contributed by atoms with E-state index in [9.17, 15) is 0 Å². The van der Waals surface area contributed by atoms with Gasteiger partial charge < -0.3 is 5.73 Å². The van der Waals surface area contributed by atoms with Gasteiger partial charge in [0.1, 0.15) is 0 Å². The lowest BCUT2D eigenvalue weighted by Gasteiger charge is -2.05. The van der Waals surface area contributed by atoms with Crippen LogP contribution < -0.4 is 5.73 Å². The van der Waals surface area contributed by atoms with Crippen molar-refractivity contribution in [2.45, 2.75) is 0 Å². The molecule has 5 nitrogen and oxygen atoms in total. The second kappa shape index (κ2) is 4.70. The average molecular weight is 272 g/mol. The Morgan fingerprint density at radius 2 is 1.84 bits per heavy atom. The molecule has 1 heterocycles. The summed E-state index contributed by atoms with van der Waals surface area (Å²) in [5.74, 6) is 0.620. The van der Waals surface area contributed by atoms with Gasteiger partial charge >= 0.3 is 0 Å². The largest absolute Gasteiger partial charge is 0.398 e. The van der Waals surface area contributed by atoms with Crippen LogP contribution >= 0.6 is 11.6 Å². The Bertz CT molecular complexity index is 708. The van der Waals surface area contributed by atoms with E-state index in [0.717, 1.165) is 11.3 Å². The van der Waals surface area contributed by atoms with Crippen molar-refractivity contribution in [2.24, 2.45) is 0 Å². The minimum Gasteiger partial charge on any atom is -0.398 e. The van der Waals surface area contributed by atoms with Gasteiger partial charge in [0.25, 0.3) is 0 Å². The van der Waals surface area contributed by atoms with Crippen molar-refractivity contribution in [3.63, 3.8) is 0 Å². The molecule has 3 aromatic rings. The molecule has 0 aliphatic heterocycles. The smallest absolute Gasteiger partial charge is 0.187 e. The van der Waals surface area contributed by atoms with E-state index in [4.69, 9.17) is 17.3 Å². The van der Waals surface area contributed by atoms with Crippen LogP contribution in [0.2, 0.25) is 5.02 Å². The average Bonchev–Trinajstić information content (AvgIpc) is 2.92. The summed E-state index contributed by atoms with van der Waals surface area (Å²) in [6, 6.07) is 15.0. The third kappa shape index (κ3) is 2.15. The number of tetrazole rings is 1. The van der Waals surface area contributed by atoms with Gasteiger partial charge in [-0.3, -0.25) is 0 Å². The highest BCUT2D eigenvalue weighted by atomic mass is 35.5. The van der Waals surface area contributed by atoms with Crippen molar-refractivity contribution >= 4 is 17.3 Å². The normalized spacial score (nSPS) is 10.6. The number of hydrogen-bond acceptors (Lipinski definition) is 4. The molecule has 0 atom stereocenters. The van der Waals surface area contributed by atoms with E-state index < -0.39 is 0 Å². The predicted octanol–water partition coefficient (Wildman–Crippen LogP) is 2.56. The van der Waals surface area contributed by atoms with Crippen LogP contribution in [-0.2, 0) is 0 Å². The van der Waals surface area contributed by atoms with Gasteiger partial charge in [0, 0.05) is 5.56 Å². The zero-order valence-corrected chi connectivity index (χ0v) is 10.6. The lowest BCUT2D eigenvalue weighted by molar-refractivity contribution is 0.791. The van der Waals surface area contributed by atoms with Crippen LogP contribution in [0.15, 0.2) is 48.5 Å². The summed E-state index contributed by atoms with van der Waals surface area (Å²) in [6.07, 6.45) is 0. The molecule has 0 spiro atoms. The monoisotopic (exact) mass is 271 g/mol. The molecular weight excluding hydrogens is 262 g/mol. The maximum absolute atomic E-state index is 5.92. The minimum atomic E-state index is 0.502. The molecule has 0 unspecified atom stereocenters. The van der Waals surface area contributed by atoms with Crippen molar-refractivity contribution in [1.29, 1.82) is 0 Å². The van der Waals surface area contributed by atoms with Gasteiger partial charge in [-0.25, -0.2) is 0 Å². The number of benzene rings is 2. The van der Waals surface area contributed by atoms with E-state index in [1.807, 2.05) is 36.4 Å². The third-order valence-corrected chi connectivity index (χ3v) is 3.07. The predicted molar refractivity (Wildman–Crippen MR) is 74.0 cm³/mol. The molecule has 0 radical (unpaired) electrons. The molecule has 1 aromatic heterocycles. The standard InChI is InChI=1S/C13H10ClN5/c14-11-7-6-9(8-12(11)15)13-16-17-18-19(13)10-4-2-1-3-5-10/h1-8H,15H2. The van der Waals surface area contributed by atoms with E-state index in [0.29, 0.717) is 16.5 Å². The first-order chi connectivity index (χ1) is 9.25. The molecule has 0 saturated heterocycles. The first-order valence-corrected chi connectivity index (χ1v) is 6.03. The van der Waals surface area contributed by atoms with Crippen LogP contribution in [0.5, 0.6) is 0 Å². The Balaban J connectivity index is 2.12. The maximum atomic E-state index is 5.92. The number of rotatable bonds is 2. The molecule has 6 heteroatoms. The second-order valence-corrected chi connectivity index (χ2v) is 4.39. The van der Waals surface area contributed by atoms with E-state index in [1.54, 1.807) is 16.8 Å². The Labute approximate surface area is 114 Å². The van der Waals surface area contributed by atoms with Crippen LogP contribution in [0.25, 0.3) is 17.1 Å². The second-order valence-electron chi connectivity index (χ2n) is 3.99. The van der Waals surface area contributed by atoms with E-state index in [-0.39, 0.29) is 0 Å². The SMILES string of the molecule is Nc1cc(-c2nnnn2-c2ccccc2)ccc1Cl. The van der Waals surface area contributed by atoms with Crippen LogP contribution in [0, 0.1) is 0 Å². The van der Waals surface area contributed by atoms with Crippen LogP contribution in [-0.4, -0.2) is 20.2 Å². The molecule has 0 bridgehead atoms. The fourth-order valence-corrected chi connectivity index (χ4v) is 1.91. The summed E-state index contributed by atoms with van der Waals surface area (Å²) in [4.78, 5) is 0. The van der Waals surface area contributed by atoms with Gasteiger partial charge in [-0.15, -0.1) is 5.10 Å². The zero-order valence-electron chi connectivity index (χ0n) is 9.86. The van der Waals surface area contributed by atoms with Gasteiger partial charge in [0.15, 0.2) is 5.82 Å². The van der Waals surface area contributed by atoms with Crippen molar-refractivity contribution in [2.75, 3.05) is 5.73 Å². The number of para-hydroxylation sites is 1. The van der Waals surface area contributed by atoms with Gasteiger partial charge in [-0.2, -0.15) is 4.68 Å². The third-order valence-electron chi connectivity index (χ3n) is 2.72.